The smallest absolute Gasteiger partial charge is 0.268 e. The summed E-state index contributed by atoms with van der Waals surface area (Å²) in [5.74, 6) is 0.609. The lowest BCUT2D eigenvalue weighted by atomic mass is 10.1. The minimum atomic E-state index is -0.346. The van der Waals surface area contributed by atoms with E-state index in [2.05, 4.69) is 15.3 Å². The summed E-state index contributed by atoms with van der Waals surface area (Å²) in [6.45, 7) is 2.04. The molecule has 2 aromatic heterocycles. The first kappa shape index (κ1) is 15.8. The van der Waals surface area contributed by atoms with Gasteiger partial charge in [0, 0.05) is 31.7 Å². The Balaban J connectivity index is 2.20. The molecular formula is C15H20N4O3. The number of hydrogen-bond acceptors (Lipinski definition) is 4. The van der Waals surface area contributed by atoms with Crippen molar-refractivity contribution in [3.8, 4) is 5.75 Å². The minimum absolute atomic E-state index is 0.172. The second-order valence-corrected chi connectivity index (χ2v) is 4.99. The van der Waals surface area contributed by atoms with Gasteiger partial charge in [0.1, 0.15) is 11.5 Å². The van der Waals surface area contributed by atoms with Crippen molar-refractivity contribution in [1.82, 2.24) is 19.9 Å². The van der Waals surface area contributed by atoms with Gasteiger partial charge in [0.05, 0.1) is 13.2 Å². The van der Waals surface area contributed by atoms with Gasteiger partial charge in [-0.05, 0) is 6.42 Å². The van der Waals surface area contributed by atoms with E-state index in [1.807, 2.05) is 24.7 Å². The summed E-state index contributed by atoms with van der Waals surface area (Å²) < 4.78 is 6.76. The number of methoxy groups -OCH3 is 1. The average molecular weight is 304 g/mol. The van der Waals surface area contributed by atoms with Crippen LogP contribution in [0.1, 0.15) is 42.1 Å². The summed E-state index contributed by atoms with van der Waals surface area (Å²) in [7, 11) is 3.29. The molecule has 7 heteroatoms. The fraction of sp³-hybridized carbons (Fsp3) is 0.400. The van der Waals surface area contributed by atoms with Gasteiger partial charge in [-0.15, -0.1) is 0 Å². The van der Waals surface area contributed by atoms with E-state index >= 15 is 0 Å². The number of imidazole rings is 1. The molecule has 2 N–H and O–H groups in total. The van der Waals surface area contributed by atoms with Crippen LogP contribution >= 0.6 is 0 Å². The highest BCUT2D eigenvalue weighted by Crippen LogP contribution is 2.16. The van der Waals surface area contributed by atoms with Crippen molar-refractivity contribution in [3.63, 3.8) is 0 Å². The quantitative estimate of drug-likeness (QED) is 0.844. The number of aromatic nitrogens is 3. The normalized spacial score (nSPS) is 12.0. The molecular weight excluding hydrogens is 284 g/mol. The number of aromatic amines is 1. The lowest BCUT2D eigenvalue weighted by molar-refractivity contribution is 0.0926. The molecule has 1 amide bonds. The number of nitrogens with one attached hydrogen (secondary N) is 2. The first-order valence-electron chi connectivity index (χ1n) is 7.11. The Hall–Kier alpha value is -2.57. The van der Waals surface area contributed by atoms with Crippen LogP contribution in [0.25, 0.3) is 0 Å². The van der Waals surface area contributed by atoms with Gasteiger partial charge < -0.3 is 19.6 Å². The van der Waals surface area contributed by atoms with Crippen LogP contribution in [-0.2, 0) is 7.05 Å². The number of H-pyrrole nitrogens is 1. The number of hydrogen-bond donors (Lipinski definition) is 2. The number of ether oxygens (including phenoxy) is 1. The standard InChI is InChI=1S/C15H20N4O3/c1-4-5-10(14-16-6-7-19(14)2)18-15(21)11-8-12(20)13(22-3)9-17-11/h6-10H,4-5H2,1-3H3,(H,17,20)(H,18,21)/t10-/m0/s1. The van der Waals surface area contributed by atoms with Gasteiger partial charge in [-0.2, -0.15) is 0 Å². The molecule has 0 spiro atoms. The van der Waals surface area contributed by atoms with Crippen molar-refractivity contribution in [3.05, 3.63) is 46.4 Å². The molecule has 0 aliphatic rings. The Morgan fingerprint density at radius 1 is 1.55 bits per heavy atom. The molecule has 0 unspecified atom stereocenters. The molecule has 118 valence electrons. The Bertz CT molecular complexity index is 705. The zero-order valence-corrected chi connectivity index (χ0v) is 12.9. The molecule has 1 atom stereocenters. The summed E-state index contributed by atoms with van der Waals surface area (Å²) in [5, 5.41) is 2.91. The zero-order valence-electron chi connectivity index (χ0n) is 12.9. The summed E-state index contributed by atoms with van der Waals surface area (Å²) >= 11 is 0. The van der Waals surface area contributed by atoms with Crippen LogP contribution in [0.3, 0.4) is 0 Å². The third-order valence-electron chi connectivity index (χ3n) is 3.39. The zero-order chi connectivity index (χ0) is 16.1. The largest absolute Gasteiger partial charge is 0.491 e. The van der Waals surface area contributed by atoms with Gasteiger partial charge >= 0.3 is 0 Å². The highest BCUT2D eigenvalue weighted by Gasteiger charge is 2.19. The molecule has 2 rings (SSSR count). The highest BCUT2D eigenvalue weighted by atomic mass is 16.5. The summed E-state index contributed by atoms with van der Waals surface area (Å²) in [6, 6.07) is 1.03. The topological polar surface area (TPSA) is 89.0 Å². The van der Waals surface area contributed by atoms with E-state index in [1.165, 1.54) is 19.4 Å². The molecule has 0 bridgehead atoms. The molecule has 0 aliphatic carbocycles. The minimum Gasteiger partial charge on any atom is -0.491 e. The predicted molar refractivity (Wildman–Crippen MR) is 81.9 cm³/mol. The molecule has 7 nitrogen and oxygen atoms in total. The van der Waals surface area contributed by atoms with Crippen LogP contribution in [-0.4, -0.2) is 27.6 Å². The van der Waals surface area contributed by atoms with Crippen molar-refractivity contribution >= 4 is 5.91 Å². The number of amides is 1. The van der Waals surface area contributed by atoms with E-state index in [9.17, 15) is 9.59 Å². The number of aryl methyl sites for hydroxylation is 1. The first-order valence-corrected chi connectivity index (χ1v) is 7.11. The Labute approximate surface area is 128 Å². The predicted octanol–water partition coefficient (Wildman–Crippen LogP) is 1.39. The Morgan fingerprint density at radius 2 is 2.32 bits per heavy atom. The van der Waals surface area contributed by atoms with E-state index in [0.717, 1.165) is 18.7 Å². The van der Waals surface area contributed by atoms with Crippen LogP contribution in [0.2, 0.25) is 0 Å². The molecule has 2 aromatic rings. The number of nitrogens with zero attached hydrogens (tertiary/aromatic N) is 2. The van der Waals surface area contributed by atoms with E-state index in [-0.39, 0.29) is 28.8 Å². The summed E-state index contributed by atoms with van der Waals surface area (Å²) in [4.78, 5) is 31.1. The molecule has 0 aromatic carbocycles. The van der Waals surface area contributed by atoms with Crippen LogP contribution in [0.5, 0.6) is 5.75 Å². The van der Waals surface area contributed by atoms with Crippen molar-refractivity contribution in [2.75, 3.05) is 7.11 Å². The molecule has 22 heavy (non-hydrogen) atoms. The van der Waals surface area contributed by atoms with E-state index in [0.29, 0.717) is 0 Å². The average Bonchev–Trinajstić information content (AvgIpc) is 2.92. The van der Waals surface area contributed by atoms with E-state index in [1.54, 1.807) is 6.20 Å². The lowest BCUT2D eigenvalue weighted by Gasteiger charge is -2.18. The molecule has 0 saturated heterocycles. The van der Waals surface area contributed by atoms with Gasteiger partial charge in [-0.3, -0.25) is 9.59 Å². The fourth-order valence-corrected chi connectivity index (χ4v) is 2.25. The van der Waals surface area contributed by atoms with Gasteiger partial charge in [0.2, 0.25) is 5.43 Å². The first-order chi connectivity index (χ1) is 10.6. The maximum atomic E-state index is 12.3. The second-order valence-electron chi connectivity index (χ2n) is 4.99. The van der Waals surface area contributed by atoms with Crippen molar-refractivity contribution in [2.24, 2.45) is 7.05 Å². The molecule has 0 saturated carbocycles. The molecule has 0 radical (unpaired) electrons. The van der Waals surface area contributed by atoms with Crippen molar-refractivity contribution in [2.45, 2.75) is 25.8 Å². The maximum Gasteiger partial charge on any atom is 0.268 e. The third-order valence-corrected chi connectivity index (χ3v) is 3.39. The molecule has 0 aliphatic heterocycles. The maximum absolute atomic E-state index is 12.3. The Kier molecular flexibility index (Phi) is 4.98. The van der Waals surface area contributed by atoms with Crippen LogP contribution in [0, 0.1) is 0 Å². The van der Waals surface area contributed by atoms with Gasteiger partial charge in [0.15, 0.2) is 5.75 Å². The Morgan fingerprint density at radius 3 is 2.86 bits per heavy atom. The highest BCUT2D eigenvalue weighted by molar-refractivity contribution is 5.92. The number of carbonyl (C=O) groups excluding carboxylic acids is 1. The second kappa shape index (κ2) is 6.93. The summed E-state index contributed by atoms with van der Waals surface area (Å²) in [5.41, 5.74) is -0.142. The molecule has 2 heterocycles. The monoisotopic (exact) mass is 304 g/mol. The SMILES string of the molecule is CCC[C@H](NC(=O)c1cc(=O)c(OC)c[nH]1)c1nccn1C. The van der Waals surface area contributed by atoms with Crippen LogP contribution in [0.15, 0.2) is 29.5 Å². The van der Waals surface area contributed by atoms with Crippen molar-refractivity contribution < 1.29 is 9.53 Å². The van der Waals surface area contributed by atoms with E-state index < -0.39 is 0 Å². The van der Waals surface area contributed by atoms with Gasteiger partial charge in [0.25, 0.3) is 5.91 Å². The number of rotatable bonds is 6. The van der Waals surface area contributed by atoms with Gasteiger partial charge in [-0.25, -0.2) is 4.98 Å². The third kappa shape index (κ3) is 3.36. The fourth-order valence-electron chi connectivity index (χ4n) is 2.25. The number of pyridine rings is 1. The van der Waals surface area contributed by atoms with Crippen LogP contribution < -0.4 is 15.5 Å². The number of carbonyl (C=O) groups is 1. The lowest BCUT2D eigenvalue weighted by Crippen LogP contribution is -2.31. The van der Waals surface area contributed by atoms with Crippen LogP contribution in [0.4, 0.5) is 0 Å². The van der Waals surface area contributed by atoms with E-state index in [4.69, 9.17) is 4.74 Å². The van der Waals surface area contributed by atoms with Gasteiger partial charge in [-0.1, -0.05) is 13.3 Å². The van der Waals surface area contributed by atoms with Crippen molar-refractivity contribution in [1.29, 1.82) is 0 Å². The summed E-state index contributed by atoms with van der Waals surface area (Å²) in [6.07, 6.45) is 6.57. The molecule has 0 fully saturated rings.